The van der Waals surface area contributed by atoms with E-state index < -0.39 is 9.84 Å². The van der Waals surface area contributed by atoms with E-state index in [0.717, 1.165) is 13.0 Å². The molecule has 0 aromatic rings. The Bertz CT molecular complexity index is 328. The smallest absolute Gasteiger partial charge is 0.222 e. The molecule has 0 saturated carbocycles. The van der Waals surface area contributed by atoms with Crippen LogP contribution in [0.1, 0.15) is 26.7 Å². The average molecular weight is 264 g/mol. The van der Waals surface area contributed by atoms with Gasteiger partial charge in [-0.25, -0.2) is 8.42 Å². The van der Waals surface area contributed by atoms with Gasteiger partial charge in [-0.2, -0.15) is 0 Å². The molecule has 17 heavy (non-hydrogen) atoms. The first-order valence-corrected chi connectivity index (χ1v) is 7.77. The summed E-state index contributed by atoms with van der Waals surface area (Å²) in [6, 6.07) is -0.262. The fraction of sp³-hybridized carbons (Fsp3) is 0.909. The highest BCUT2D eigenvalue weighted by Gasteiger charge is 2.20. The SMILES string of the molecule is CCS(=O)(=O)CC(C)N(C)C(=O)CCCNC. The zero-order valence-electron chi connectivity index (χ0n) is 11.2. The van der Waals surface area contributed by atoms with Crippen LogP contribution in [0.25, 0.3) is 0 Å². The molecule has 5 nitrogen and oxygen atoms in total. The second-order valence-corrected chi connectivity index (χ2v) is 6.66. The number of carbonyl (C=O) groups is 1. The van der Waals surface area contributed by atoms with Gasteiger partial charge in [0.25, 0.3) is 0 Å². The van der Waals surface area contributed by atoms with Gasteiger partial charge in [0, 0.05) is 25.3 Å². The Morgan fingerprint density at radius 3 is 2.47 bits per heavy atom. The molecular formula is C11H24N2O3S. The molecule has 6 heteroatoms. The highest BCUT2D eigenvalue weighted by molar-refractivity contribution is 7.91. The lowest BCUT2D eigenvalue weighted by Gasteiger charge is -2.24. The maximum Gasteiger partial charge on any atom is 0.222 e. The molecule has 0 bridgehead atoms. The van der Waals surface area contributed by atoms with E-state index in [4.69, 9.17) is 0 Å². The zero-order chi connectivity index (χ0) is 13.5. The van der Waals surface area contributed by atoms with Crippen LogP contribution in [-0.4, -0.2) is 57.4 Å². The number of sulfone groups is 1. The van der Waals surface area contributed by atoms with Crippen LogP contribution in [-0.2, 0) is 14.6 Å². The minimum Gasteiger partial charge on any atom is -0.342 e. The fourth-order valence-corrected chi connectivity index (χ4v) is 2.63. The minimum absolute atomic E-state index is 0.000877. The molecule has 102 valence electrons. The Hall–Kier alpha value is -0.620. The number of hydrogen-bond donors (Lipinski definition) is 1. The number of nitrogens with zero attached hydrogens (tertiary/aromatic N) is 1. The van der Waals surface area contributed by atoms with Crippen LogP contribution in [0.2, 0.25) is 0 Å². The van der Waals surface area contributed by atoms with Crippen molar-refractivity contribution in [3.63, 3.8) is 0 Å². The zero-order valence-corrected chi connectivity index (χ0v) is 12.0. The predicted molar refractivity (Wildman–Crippen MR) is 69.7 cm³/mol. The van der Waals surface area contributed by atoms with Gasteiger partial charge in [-0.3, -0.25) is 4.79 Å². The van der Waals surface area contributed by atoms with Gasteiger partial charge < -0.3 is 10.2 Å². The van der Waals surface area contributed by atoms with Crippen LogP contribution in [0, 0.1) is 0 Å². The van der Waals surface area contributed by atoms with Crippen molar-refractivity contribution in [2.75, 3.05) is 32.1 Å². The summed E-state index contributed by atoms with van der Waals surface area (Å²) in [4.78, 5) is 13.3. The lowest BCUT2D eigenvalue weighted by atomic mass is 10.2. The normalized spacial score (nSPS) is 13.4. The Kier molecular flexibility index (Phi) is 7.38. The third-order valence-corrected chi connectivity index (χ3v) is 4.68. The first kappa shape index (κ1) is 16.4. The average Bonchev–Trinajstić information content (AvgIpc) is 2.27. The first-order valence-electron chi connectivity index (χ1n) is 5.94. The lowest BCUT2D eigenvalue weighted by Crippen LogP contribution is -2.39. The quantitative estimate of drug-likeness (QED) is 0.639. The summed E-state index contributed by atoms with van der Waals surface area (Å²) in [5, 5.41) is 2.97. The van der Waals surface area contributed by atoms with Crippen LogP contribution in [0.5, 0.6) is 0 Å². The molecule has 1 amide bonds. The van der Waals surface area contributed by atoms with E-state index in [1.165, 1.54) is 4.90 Å². The lowest BCUT2D eigenvalue weighted by molar-refractivity contribution is -0.131. The van der Waals surface area contributed by atoms with Gasteiger partial charge in [-0.15, -0.1) is 0 Å². The summed E-state index contributed by atoms with van der Waals surface area (Å²) in [6.07, 6.45) is 1.22. The summed E-state index contributed by atoms with van der Waals surface area (Å²) in [7, 11) is 0.474. The van der Waals surface area contributed by atoms with Crippen molar-refractivity contribution < 1.29 is 13.2 Å². The maximum atomic E-state index is 11.7. The topological polar surface area (TPSA) is 66.5 Å². The van der Waals surface area contributed by atoms with Crippen LogP contribution in [0.4, 0.5) is 0 Å². The fourth-order valence-electron chi connectivity index (χ4n) is 1.44. The third kappa shape index (κ3) is 6.63. The summed E-state index contributed by atoms with van der Waals surface area (Å²) in [6.45, 7) is 4.18. The molecule has 0 fully saturated rings. The molecule has 0 radical (unpaired) electrons. The van der Waals surface area contributed by atoms with Gasteiger partial charge in [0.1, 0.15) is 0 Å². The van der Waals surface area contributed by atoms with E-state index in [-0.39, 0.29) is 23.5 Å². The van der Waals surface area contributed by atoms with Crippen molar-refractivity contribution in [3.05, 3.63) is 0 Å². The van der Waals surface area contributed by atoms with Crippen molar-refractivity contribution >= 4 is 15.7 Å². The Morgan fingerprint density at radius 2 is 2.00 bits per heavy atom. The van der Waals surface area contributed by atoms with Gasteiger partial charge in [-0.1, -0.05) is 6.92 Å². The molecule has 1 unspecified atom stereocenters. The second-order valence-electron chi connectivity index (χ2n) is 4.26. The van der Waals surface area contributed by atoms with Gasteiger partial charge in [0.05, 0.1) is 5.75 Å². The van der Waals surface area contributed by atoms with Gasteiger partial charge in [-0.05, 0) is 26.9 Å². The monoisotopic (exact) mass is 264 g/mol. The first-order chi connectivity index (χ1) is 7.84. The molecule has 0 aliphatic rings. The van der Waals surface area contributed by atoms with Gasteiger partial charge in [0.15, 0.2) is 9.84 Å². The van der Waals surface area contributed by atoms with Crippen molar-refractivity contribution in [3.8, 4) is 0 Å². The number of rotatable bonds is 8. The van der Waals surface area contributed by atoms with E-state index in [0.29, 0.717) is 6.42 Å². The molecule has 0 aromatic carbocycles. The third-order valence-electron chi connectivity index (χ3n) is 2.81. The van der Waals surface area contributed by atoms with E-state index in [2.05, 4.69) is 5.32 Å². The van der Waals surface area contributed by atoms with E-state index in [1.54, 1.807) is 20.9 Å². The van der Waals surface area contributed by atoms with Crippen molar-refractivity contribution in [2.24, 2.45) is 0 Å². The molecule has 0 rings (SSSR count). The van der Waals surface area contributed by atoms with Gasteiger partial charge >= 0.3 is 0 Å². The largest absolute Gasteiger partial charge is 0.342 e. The van der Waals surface area contributed by atoms with E-state index >= 15 is 0 Å². The highest BCUT2D eigenvalue weighted by atomic mass is 32.2. The van der Waals surface area contributed by atoms with Crippen molar-refractivity contribution in [1.29, 1.82) is 0 Å². The van der Waals surface area contributed by atoms with Crippen LogP contribution in [0.15, 0.2) is 0 Å². The molecule has 0 spiro atoms. The van der Waals surface area contributed by atoms with Crippen LogP contribution < -0.4 is 5.32 Å². The standard InChI is InChI=1S/C11H24N2O3S/c1-5-17(15,16)9-10(2)13(4)11(14)7-6-8-12-3/h10,12H,5-9H2,1-4H3. The summed E-state index contributed by atoms with van der Waals surface area (Å²) < 4.78 is 22.9. The molecule has 0 aliphatic heterocycles. The van der Waals surface area contributed by atoms with E-state index in [9.17, 15) is 13.2 Å². The number of carbonyl (C=O) groups excluding carboxylic acids is 1. The Balaban J connectivity index is 4.20. The Morgan fingerprint density at radius 1 is 1.41 bits per heavy atom. The molecule has 0 heterocycles. The minimum atomic E-state index is -3.03. The molecule has 0 saturated heterocycles. The van der Waals surface area contributed by atoms with Gasteiger partial charge in [0.2, 0.25) is 5.91 Å². The van der Waals surface area contributed by atoms with Crippen LogP contribution in [0.3, 0.4) is 0 Å². The Labute approximate surface area is 104 Å². The van der Waals surface area contributed by atoms with Crippen molar-refractivity contribution in [1.82, 2.24) is 10.2 Å². The molecule has 1 N–H and O–H groups in total. The summed E-state index contributed by atoms with van der Waals surface area (Å²) >= 11 is 0. The number of hydrogen-bond acceptors (Lipinski definition) is 4. The maximum absolute atomic E-state index is 11.7. The number of nitrogens with one attached hydrogen (secondary N) is 1. The number of amides is 1. The summed E-state index contributed by atoms with van der Waals surface area (Å²) in [5.41, 5.74) is 0. The highest BCUT2D eigenvalue weighted by Crippen LogP contribution is 2.05. The van der Waals surface area contributed by atoms with E-state index in [1.807, 2.05) is 7.05 Å². The summed E-state index contributed by atoms with van der Waals surface area (Å²) in [5.74, 6) is 0.163. The molecule has 0 aromatic heterocycles. The van der Waals surface area contributed by atoms with Crippen molar-refractivity contribution in [2.45, 2.75) is 32.7 Å². The molecule has 0 aliphatic carbocycles. The second kappa shape index (κ2) is 7.66. The molecular weight excluding hydrogens is 240 g/mol. The van der Waals surface area contributed by atoms with Crippen LogP contribution >= 0.6 is 0 Å². The predicted octanol–water partition coefficient (Wildman–Crippen LogP) is 0.268. The molecule has 1 atom stereocenters.